The molecule has 1 nitrogen and oxygen atoms in total. The van der Waals surface area contributed by atoms with Gasteiger partial charge in [0.25, 0.3) is 0 Å². The standard InChI is InChI=1S/C12H26ClN/c1-3-4-5-6-7-8-9-10-14-12(2)11-13/h12,14H,3-11H2,1-2H3. The Balaban J connectivity index is 2.92. The van der Waals surface area contributed by atoms with Crippen LogP contribution < -0.4 is 5.32 Å². The minimum atomic E-state index is 0.469. The smallest absolute Gasteiger partial charge is 0.0374 e. The minimum Gasteiger partial charge on any atom is -0.313 e. The van der Waals surface area contributed by atoms with E-state index in [4.69, 9.17) is 11.6 Å². The summed E-state index contributed by atoms with van der Waals surface area (Å²) in [7, 11) is 0. The van der Waals surface area contributed by atoms with Gasteiger partial charge < -0.3 is 5.32 Å². The SMILES string of the molecule is CCCCCCCCCNC(C)CCl. The van der Waals surface area contributed by atoms with E-state index < -0.39 is 0 Å². The van der Waals surface area contributed by atoms with Crippen LogP contribution in [-0.2, 0) is 0 Å². The minimum absolute atomic E-state index is 0.469. The molecule has 0 fully saturated rings. The van der Waals surface area contributed by atoms with Crippen molar-refractivity contribution in [1.82, 2.24) is 5.32 Å². The Kier molecular flexibility index (Phi) is 11.5. The van der Waals surface area contributed by atoms with E-state index in [1.54, 1.807) is 0 Å². The van der Waals surface area contributed by atoms with Crippen molar-refractivity contribution in [2.45, 2.75) is 64.8 Å². The average molecular weight is 220 g/mol. The van der Waals surface area contributed by atoms with Crippen molar-refractivity contribution < 1.29 is 0 Å². The summed E-state index contributed by atoms with van der Waals surface area (Å²) in [6.07, 6.45) is 9.65. The lowest BCUT2D eigenvalue weighted by molar-refractivity contribution is 0.533. The second-order valence-corrected chi connectivity index (χ2v) is 4.44. The topological polar surface area (TPSA) is 12.0 Å². The summed E-state index contributed by atoms with van der Waals surface area (Å²) in [5.74, 6) is 0.719. The zero-order chi connectivity index (χ0) is 10.6. The third-order valence-electron chi connectivity index (χ3n) is 2.50. The Morgan fingerprint density at radius 1 is 1.00 bits per heavy atom. The van der Waals surface area contributed by atoms with E-state index in [2.05, 4.69) is 19.2 Å². The maximum atomic E-state index is 5.69. The first-order valence-corrected chi connectivity index (χ1v) is 6.64. The summed E-state index contributed by atoms with van der Waals surface area (Å²) < 4.78 is 0. The second kappa shape index (κ2) is 11.3. The lowest BCUT2D eigenvalue weighted by atomic mass is 10.1. The van der Waals surface area contributed by atoms with Gasteiger partial charge in [-0.1, -0.05) is 45.4 Å². The van der Waals surface area contributed by atoms with Crippen LogP contribution in [0.25, 0.3) is 0 Å². The summed E-state index contributed by atoms with van der Waals surface area (Å²) in [6, 6.07) is 0.469. The number of hydrogen-bond acceptors (Lipinski definition) is 1. The highest BCUT2D eigenvalue weighted by Crippen LogP contribution is 2.06. The van der Waals surface area contributed by atoms with E-state index in [0.717, 1.165) is 12.4 Å². The van der Waals surface area contributed by atoms with Crippen LogP contribution in [0.4, 0.5) is 0 Å². The molecule has 0 aliphatic heterocycles. The molecule has 0 saturated heterocycles. The number of rotatable bonds is 10. The van der Waals surface area contributed by atoms with E-state index >= 15 is 0 Å². The van der Waals surface area contributed by atoms with Gasteiger partial charge in [0.2, 0.25) is 0 Å². The van der Waals surface area contributed by atoms with Gasteiger partial charge in [-0.05, 0) is 19.9 Å². The first-order valence-electron chi connectivity index (χ1n) is 6.10. The summed E-state index contributed by atoms with van der Waals surface area (Å²) in [5, 5.41) is 3.40. The summed E-state index contributed by atoms with van der Waals surface area (Å²) >= 11 is 5.69. The van der Waals surface area contributed by atoms with Gasteiger partial charge in [-0.2, -0.15) is 0 Å². The zero-order valence-corrected chi connectivity index (χ0v) is 10.6. The molecule has 0 rings (SSSR count). The largest absolute Gasteiger partial charge is 0.313 e. The number of nitrogens with one attached hydrogen (secondary N) is 1. The van der Waals surface area contributed by atoms with Crippen LogP contribution >= 0.6 is 11.6 Å². The van der Waals surface area contributed by atoms with Gasteiger partial charge >= 0.3 is 0 Å². The molecule has 1 N–H and O–H groups in total. The van der Waals surface area contributed by atoms with E-state index in [9.17, 15) is 0 Å². The molecule has 0 aliphatic rings. The number of alkyl halides is 1. The molecule has 1 atom stereocenters. The van der Waals surface area contributed by atoms with Gasteiger partial charge in [-0.3, -0.25) is 0 Å². The first-order chi connectivity index (χ1) is 6.81. The van der Waals surface area contributed by atoms with Crippen LogP contribution in [0, 0.1) is 0 Å². The molecule has 0 bridgehead atoms. The molecular weight excluding hydrogens is 194 g/mol. The van der Waals surface area contributed by atoms with Crippen molar-refractivity contribution in [3.63, 3.8) is 0 Å². The van der Waals surface area contributed by atoms with Crippen LogP contribution in [0.2, 0.25) is 0 Å². The molecule has 0 radical (unpaired) electrons. The van der Waals surface area contributed by atoms with Crippen LogP contribution in [0.3, 0.4) is 0 Å². The van der Waals surface area contributed by atoms with Gasteiger partial charge in [-0.15, -0.1) is 11.6 Å². The van der Waals surface area contributed by atoms with E-state index in [1.807, 2.05) is 0 Å². The van der Waals surface area contributed by atoms with Gasteiger partial charge in [0.05, 0.1) is 0 Å². The molecule has 2 heteroatoms. The molecule has 14 heavy (non-hydrogen) atoms. The molecule has 86 valence electrons. The highest BCUT2D eigenvalue weighted by atomic mass is 35.5. The van der Waals surface area contributed by atoms with Gasteiger partial charge in [0.1, 0.15) is 0 Å². The zero-order valence-electron chi connectivity index (χ0n) is 9.82. The quantitative estimate of drug-likeness (QED) is 0.433. The molecule has 0 amide bonds. The molecule has 0 spiro atoms. The van der Waals surface area contributed by atoms with Crippen LogP contribution in [-0.4, -0.2) is 18.5 Å². The lowest BCUT2D eigenvalue weighted by Gasteiger charge is -2.09. The second-order valence-electron chi connectivity index (χ2n) is 4.13. The maximum absolute atomic E-state index is 5.69. The molecule has 0 heterocycles. The highest BCUT2D eigenvalue weighted by molar-refractivity contribution is 6.18. The molecule has 0 aromatic carbocycles. The Morgan fingerprint density at radius 3 is 2.14 bits per heavy atom. The Labute approximate surface area is 94.6 Å². The Morgan fingerprint density at radius 2 is 1.57 bits per heavy atom. The average Bonchev–Trinajstić information content (AvgIpc) is 2.21. The molecular formula is C12H26ClN. The molecule has 0 saturated carbocycles. The normalized spacial score (nSPS) is 13.1. The van der Waals surface area contributed by atoms with Crippen LogP contribution in [0.5, 0.6) is 0 Å². The van der Waals surface area contributed by atoms with E-state index in [1.165, 1.54) is 44.9 Å². The number of unbranched alkanes of at least 4 members (excludes halogenated alkanes) is 6. The number of hydrogen-bond donors (Lipinski definition) is 1. The van der Waals surface area contributed by atoms with Gasteiger partial charge in [-0.25, -0.2) is 0 Å². The molecule has 0 aromatic heterocycles. The first kappa shape index (κ1) is 14.2. The number of halogens is 1. The van der Waals surface area contributed by atoms with E-state index in [-0.39, 0.29) is 0 Å². The van der Waals surface area contributed by atoms with Crippen LogP contribution in [0.1, 0.15) is 58.8 Å². The summed E-state index contributed by atoms with van der Waals surface area (Å²) in [6.45, 7) is 5.52. The van der Waals surface area contributed by atoms with Crippen molar-refractivity contribution >= 4 is 11.6 Å². The third-order valence-corrected chi connectivity index (χ3v) is 2.97. The van der Waals surface area contributed by atoms with E-state index in [0.29, 0.717) is 6.04 Å². The van der Waals surface area contributed by atoms with Crippen LogP contribution in [0.15, 0.2) is 0 Å². The fourth-order valence-electron chi connectivity index (χ4n) is 1.49. The van der Waals surface area contributed by atoms with Crippen molar-refractivity contribution in [3.05, 3.63) is 0 Å². The van der Waals surface area contributed by atoms with Gasteiger partial charge in [0.15, 0.2) is 0 Å². The van der Waals surface area contributed by atoms with Crippen molar-refractivity contribution in [2.24, 2.45) is 0 Å². The Bertz CT molecular complexity index is 106. The predicted octanol–water partition coefficient (Wildman–Crippen LogP) is 3.95. The Hall–Kier alpha value is 0.250. The summed E-state index contributed by atoms with van der Waals surface area (Å²) in [4.78, 5) is 0. The van der Waals surface area contributed by atoms with Crippen molar-refractivity contribution in [2.75, 3.05) is 12.4 Å². The third kappa shape index (κ3) is 10.3. The molecule has 0 aromatic rings. The lowest BCUT2D eigenvalue weighted by Crippen LogP contribution is -2.28. The molecule has 0 aliphatic carbocycles. The van der Waals surface area contributed by atoms with Crippen molar-refractivity contribution in [1.29, 1.82) is 0 Å². The fourth-order valence-corrected chi connectivity index (χ4v) is 1.59. The summed E-state index contributed by atoms with van der Waals surface area (Å²) in [5.41, 5.74) is 0. The predicted molar refractivity (Wildman–Crippen MR) is 66.2 cm³/mol. The molecule has 1 unspecified atom stereocenters. The van der Waals surface area contributed by atoms with Gasteiger partial charge in [0, 0.05) is 11.9 Å². The van der Waals surface area contributed by atoms with Crippen molar-refractivity contribution in [3.8, 4) is 0 Å². The highest BCUT2D eigenvalue weighted by Gasteiger charge is 1.96. The fraction of sp³-hybridized carbons (Fsp3) is 1.00. The monoisotopic (exact) mass is 219 g/mol. The maximum Gasteiger partial charge on any atom is 0.0374 e.